The molecule has 0 aliphatic carbocycles. The minimum atomic E-state index is 0.563. The van der Waals surface area contributed by atoms with Crippen molar-refractivity contribution in [2.24, 2.45) is 0 Å². The number of nitrogens with two attached hydrogens (primary N) is 1. The number of aromatic nitrogens is 4. The fourth-order valence-corrected chi connectivity index (χ4v) is 3.42. The first-order chi connectivity index (χ1) is 9.24. The molecular formula is C12H13N5S2. The number of nitrogens with zero attached hydrogens (tertiary/aromatic N) is 4. The third kappa shape index (κ3) is 2.57. The highest BCUT2D eigenvalue weighted by molar-refractivity contribution is 7.99. The molecule has 3 aromatic heterocycles. The summed E-state index contributed by atoms with van der Waals surface area (Å²) >= 11 is 3.21. The van der Waals surface area contributed by atoms with E-state index >= 15 is 0 Å². The molecule has 7 heteroatoms. The van der Waals surface area contributed by atoms with Crippen molar-refractivity contribution < 1.29 is 0 Å². The van der Waals surface area contributed by atoms with Gasteiger partial charge in [0, 0.05) is 24.7 Å². The third-order valence-electron chi connectivity index (χ3n) is 2.82. The van der Waals surface area contributed by atoms with Gasteiger partial charge in [-0.25, -0.2) is 15.0 Å². The Kier molecular flexibility index (Phi) is 3.39. The molecule has 0 amide bonds. The zero-order valence-electron chi connectivity index (χ0n) is 10.4. The van der Waals surface area contributed by atoms with Crippen LogP contribution in [-0.2, 0) is 6.54 Å². The van der Waals surface area contributed by atoms with E-state index in [2.05, 4.69) is 19.5 Å². The molecule has 5 nitrogen and oxygen atoms in total. The predicted molar refractivity (Wildman–Crippen MR) is 79.5 cm³/mol. The molecule has 2 N–H and O–H groups in total. The lowest BCUT2D eigenvalue weighted by atomic mass is 10.4. The van der Waals surface area contributed by atoms with Gasteiger partial charge in [-0.3, -0.25) is 0 Å². The van der Waals surface area contributed by atoms with Crippen molar-refractivity contribution in [2.45, 2.75) is 18.6 Å². The Morgan fingerprint density at radius 3 is 3.11 bits per heavy atom. The van der Waals surface area contributed by atoms with Crippen LogP contribution in [0.5, 0.6) is 0 Å². The van der Waals surface area contributed by atoms with Gasteiger partial charge >= 0.3 is 0 Å². The van der Waals surface area contributed by atoms with Crippen molar-refractivity contribution in [1.29, 1.82) is 0 Å². The number of hydrogen-bond acceptors (Lipinski definition) is 6. The van der Waals surface area contributed by atoms with E-state index in [4.69, 9.17) is 5.73 Å². The quantitative estimate of drug-likeness (QED) is 0.591. The Morgan fingerprint density at radius 1 is 1.42 bits per heavy atom. The molecule has 0 aromatic carbocycles. The number of imidazole rings is 1. The second-order valence-electron chi connectivity index (χ2n) is 4.05. The van der Waals surface area contributed by atoms with Crippen LogP contribution in [0.4, 0.5) is 5.82 Å². The summed E-state index contributed by atoms with van der Waals surface area (Å²) in [6.45, 7) is 2.89. The summed E-state index contributed by atoms with van der Waals surface area (Å²) in [6, 6.07) is 1.96. The van der Waals surface area contributed by atoms with Gasteiger partial charge < -0.3 is 10.3 Å². The standard InChI is InChI=1S/C12H13N5S2/c1-8-14-3-4-17(8)5-7-19-12-15-10(13)9-2-6-18-11(9)16-12/h2-4,6H,5,7H2,1H3,(H2,13,15,16). The summed E-state index contributed by atoms with van der Waals surface area (Å²) in [4.78, 5) is 14.0. The lowest BCUT2D eigenvalue weighted by Gasteiger charge is -2.04. The molecule has 0 unspecified atom stereocenters. The minimum absolute atomic E-state index is 0.563. The van der Waals surface area contributed by atoms with Crippen molar-refractivity contribution in [3.63, 3.8) is 0 Å². The van der Waals surface area contributed by atoms with Gasteiger partial charge in [-0.2, -0.15) is 0 Å². The van der Waals surface area contributed by atoms with E-state index in [9.17, 15) is 0 Å². The van der Waals surface area contributed by atoms with Crippen molar-refractivity contribution in [3.05, 3.63) is 29.7 Å². The fourth-order valence-electron chi connectivity index (χ4n) is 1.80. The number of thioether (sulfide) groups is 1. The number of nitrogen functional groups attached to an aromatic ring is 1. The molecule has 19 heavy (non-hydrogen) atoms. The molecule has 0 saturated heterocycles. The van der Waals surface area contributed by atoms with Gasteiger partial charge in [-0.1, -0.05) is 11.8 Å². The number of aryl methyl sites for hydroxylation is 2. The lowest BCUT2D eigenvalue weighted by molar-refractivity contribution is 0.737. The molecule has 0 spiro atoms. The maximum absolute atomic E-state index is 5.92. The van der Waals surface area contributed by atoms with E-state index in [0.29, 0.717) is 5.82 Å². The largest absolute Gasteiger partial charge is 0.383 e. The number of rotatable bonds is 4. The third-order valence-corrected chi connectivity index (χ3v) is 4.46. The SMILES string of the molecule is Cc1nccn1CCSc1nc(N)c2ccsc2n1. The van der Waals surface area contributed by atoms with E-state index < -0.39 is 0 Å². The van der Waals surface area contributed by atoms with Crippen molar-refractivity contribution >= 4 is 39.1 Å². The van der Waals surface area contributed by atoms with E-state index in [0.717, 1.165) is 33.5 Å². The molecule has 0 fully saturated rings. The van der Waals surface area contributed by atoms with Crippen LogP contribution in [0, 0.1) is 6.92 Å². The predicted octanol–water partition coefficient (Wildman–Crippen LogP) is 2.57. The van der Waals surface area contributed by atoms with E-state index in [1.807, 2.05) is 30.8 Å². The van der Waals surface area contributed by atoms with Crippen molar-refractivity contribution in [1.82, 2.24) is 19.5 Å². The monoisotopic (exact) mass is 291 g/mol. The lowest BCUT2D eigenvalue weighted by Crippen LogP contribution is -2.02. The van der Waals surface area contributed by atoms with Gasteiger partial charge in [-0.05, 0) is 18.4 Å². The number of anilines is 1. The van der Waals surface area contributed by atoms with E-state index in [-0.39, 0.29) is 0 Å². The molecular weight excluding hydrogens is 278 g/mol. The van der Waals surface area contributed by atoms with Gasteiger partial charge in [0.15, 0.2) is 5.16 Å². The van der Waals surface area contributed by atoms with E-state index in [1.165, 1.54) is 0 Å². The van der Waals surface area contributed by atoms with Crippen LogP contribution < -0.4 is 5.73 Å². The summed E-state index contributed by atoms with van der Waals surface area (Å²) in [7, 11) is 0. The number of hydrogen-bond donors (Lipinski definition) is 1. The van der Waals surface area contributed by atoms with Gasteiger partial charge in [0.1, 0.15) is 16.5 Å². The van der Waals surface area contributed by atoms with Gasteiger partial charge in [0.05, 0.1) is 5.39 Å². The highest BCUT2D eigenvalue weighted by atomic mass is 32.2. The molecule has 3 rings (SSSR count). The Hall–Kier alpha value is -1.60. The van der Waals surface area contributed by atoms with Crippen LogP contribution in [0.2, 0.25) is 0 Å². The summed E-state index contributed by atoms with van der Waals surface area (Å²) in [5.74, 6) is 2.48. The second kappa shape index (κ2) is 5.18. The Labute approximate surface area is 118 Å². The first kappa shape index (κ1) is 12.4. The van der Waals surface area contributed by atoms with Crippen LogP contribution in [0.3, 0.4) is 0 Å². The van der Waals surface area contributed by atoms with Gasteiger partial charge in [0.25, 0.3) is 0 Å². The fraction of sp³-hybridized carbons (Fsp3) is 0.250. The molecule has 3 heterocycles. The van der Waals surface area contributed by atoms with Crippen molar-refractivity contribution in [2.75, 3.05) is 11.5 Å². The molecule has 98 valence electrons. The number of fused-ring (bicyclic) bond motifs is 1. The zero-order valence-corrected chi connectivity index (χ0v) is 12.0. The molecule has 0 atom stereocenters. The molecule has 0 bridgehead atoms. The summed E-state index contributed by atoms with van der Waals surface area (Å²) in [6.07, 6.45) is 3.79. The van der Waals surface area contributed by atoms with Gasteiger partial charge in [0.2, 0.25) is 0 Å². The highest BCUT2D eigenvalue weighted by Gasteiger charge is 2.07. The highest BCUT2D eigenvalue weighted by Crippen LogP contribution is 2.26. The van der Waals surface area contributed by atoms with Crippen LogP contribution >= 0.6 is 23.1 Å². The van der Waals surface area contributed by atoms with Crippen LogP contribution in [0.1, 0.15) is 5.82 Å². The van der Waals surface area contributed by atoms with Crippen LogP contribution in [0.15, 0.2) is 29.0 Å². The maximum Gasteiger partial charge on any atom is 0.190 e. The molecule has 0 aliphatic rings. The smallest absolute Gasteiger partial charge is 0.190 e. The average molecular weight is 291 g/mol. The normalized spacial score (nSPS) is 11.2. The molecule has 3 aromatic rings. The minimum Gasteiger partial charge on any atom is -0.383 e. The Bertz CT molecular complexity index is 703. The summed E-state index contributed by atoms with van der Waals surface area (Å²) in [5.41, 5.74) is 5.92. The zero-order chi connectivity index (χ0) is 13.2. The Morgan fingerprint density at radius 2 is 2.32 bits per heavy atom. The maximum atomic E-state index is 5.92. The summed E-state index contributed by atoms with van der Waals surface area (Å²) in [5, 5.41) is 3.67. The van der Waals surface area contributed by atoms with Crippen molar-refractivity contribution in [3.8, 4) is 0 Å². The Balaban J connectivity index is 1.70. The molecule has 0 radical (unpaired) electrons. The first-order valence-electron chi connectivity index (χ1n) is 5.85. The van der Waals surface area contributed by atoms with Crippen LogP contribution in [-0.4, -0.2) is 25.3 Å². The molecule has 0 aliphatic heterocycles. The average Bonchev–Trinajstić information content (AvgIpc) is 2.99. The molecule has 0 saturated carbocycles. The second-order valence-corrected chi connectivity index (χ2v) is 6.00. The summed E-state index contributed by atoms with van der Waals surface area (Å²) < 4.78 is 2.11. The topological polar surface area (TPSA) is 69.6 Å². The number of thiophene rings is 1. The van der Waals surface area contributed by atoms with Gasteiger partial charge in [-0.15, -0.1) is 11.3 Å². The first-order valence-corrected chi connectivity index (χ1v) is 7.72. The van der Waals surface area contributed by atoms with Crippen LogP contribution in [0.25, 0.3) is 10.2 Å². The van der Waals surface area contributed by atoms with E-state index in [1.54, 1.807) is 23.1 Å².